The maximum atomic E-state index is 13.2. The second-order valence-electron chi connectivity index (χ2n) is 9.98. The number of nitrogens with zero attached hydrogens (tertiary/aromatic N) is 1. The smallest absolute Gasteiger partial charge is 0.251 e. The predicted molar refractivity (Wildman–Crippen MR) is 156 cm³/mol. The van der Waals surface area contributed by atoms with E-state index in [4.69, 9.17) is 4.74 Å². The minimum absolute atomic E-state index is 0.0933. The third-order valence-electron chi connectivity index (χ3n) is 7.56. The van der Waals surface area contributed by atoms with Crippen LogP contribution in [0.3, 0.4) is 0 Å². The summed E-state index contributed by atoms with van der Waals surface area (Å²) in [6, 6.07) is 31.0. The van der Waals surface area contributed by atoms with Crippen molar-refractivity contribution in [3.05, 3.63) is 125 Å². The van der Waals surface area contributed by atoms with E-state index in [2.05, 4.69) is 78.3 Å². The average molecular weight is 503 g/mol. The number of methoxy groups -OCH3 is 1. The van der Waals surface area contributed by atoms with Gasteiger partial charge in [0.1, 0.15) is 5.75 Å². The molecule has 0 radical (unpaired) electrons. The third-order valence-corrected chi connectivity index (χ3v) is 7.56. The van der Waals surface area contributed by atoms with E-state index >= 15 is 0 Å². The molecule has 4 nitrogen and oxygen atoms in total. The molecule has 4 aromatic carbocycles. The molecule has 5 aromatic rings. The van der Waals surface area contributed by atoms with Crippen molar-refractivity contribution < 1.29 is 9.53 Å². The molecule has 1 heterocycles. The summed E-state index contributed by atoms with van der Waals surface area (Å²) in [6.07, 6.45) is 0. The number of amides is 1. The van der Waals surface area contributed by atoms with Crippen molar-refractivity contribution in [2.24, 2.45) is 0 Å². The molecule has 0 spiro atoms. The fourth-order valence-corrected chi connectivity index (χ4v) is 5.26. The molecule has 0 aliphatic rings. The first-order valence-corrected chi connectivity index (χ1v) is 13.1. The van der Waals surface area contributed by atoms with Gasteiger partial charge in [-0.2, -0.15) is 0 Å². The lowest BCUT2D eigenvalue weighted by molar-refractivity contribution is 0.0939. The van der Waals surface area contributed by atoms with Crippen LogP contribution in [0.4, 0.5) is 0 Å². The van der Waals surface area contributed by atoms with Crippen LogP contribution in [0.1, 0.15) is 51.3 Å². The lowest BCUT2D eigenvalue weighted by atomic mass is 10.0. The average Bonchev–Trinajstić information content (AvgIpc) is 3.18. The number of rotatable bonds is 7. The minimum Gasteiger partial charge on any atom is -0.496 e. The quantitative estimate of drug-likeness (QED) is 0.247. The molecule has 1 atom stereocenters. The zero-order chi connectivity index (χ0) is 26.8. The molecule has 1 N–H and O–H groups in total. The van der Waals surface area contributed by atoms with Crippen molar-refractivity contribution in [1.29, 1.82) is 0 Å². The molecule has 5 rings (SSSR count). The highest BCUT2D eigenvalue weighted by Crippen LogP contribution is 2.30. The van der Waals surface area contributed by atoms with Gasteiger partial charge in [-0.1, -0.05) is 72.8 Å². The molecule has 0 fully saturated rings. The van der Waals surface area contributed by atoms with Crippen molar-refractivity contribution >= 4 is 16.8 Å². The number of hydrogen-bond acceptors (Lipinski definition) is 2. The Kier molecular flexibility index (Phi) is 7.06. The van der Waals surface area contributed by atoms with Crippen LogP contribution >= 0.6 is 0 Å². The van der Waals surface area contributed by atoms with Crippen molar-refractivity contribution in [2.75, 3.05) is 7.11 Å². The molecule has 192 valence electrons. The Morgan fingerprint density at radius 1 is 0.868 bits per heavy atom. The molecule has 0 aliphatic carbocycles. The molecule has 1 aromatic heterocycles. The Labute approximate surface area is 224 Å². The van der Waals surface area contributed by atoms with E-state index in [9.17, 15) is 4.79 Å². The van der Waals surface area contributed by atoms with Gasteiger partial charge in [-0.05, 0) is 73.7 Å². The van der Waals surface area contributed by atoms with Crippen molar-refractivity contribution in [2.45, 2.75) is 40.3 Å². The van der Waals surface area contributed by atoms with Crippen molar-refractivity contribution in [3.8, 4) is 16.9 Å². The van der Waals surface area contributed by atoms with Crippen LogP contribution in [0.25, 0.3) is 22.0 Å². The molecule has 0 bridgehead atoms. The number of hydrogen-bond donors (Lipinski definition) is 1. The summed E-state index contributed by atoms with van der Waals surface area (Å²) in [6.45, 7) is 9.07. The Balaban J connectivity index is 1.38. The van der Waals surface area contributed by atoms with E-state index in [1.54, 1.807) is 7.11 Å². The number of aromatic nitrogens is 1. The van der Waals surface area contributed by atoms with Crippen LogP contribution in [0.2, 0.25) is 0 Å². The molecule has 4 heteroatoms. The second kappa shape index (κ2) is 10.6. The highest BCUT2D eigenvalue weighted by molar-refractivity contribution is 5.99. The van der Waals surface area contributed by atoms with Gasteiger partial charge in [-0.25, -0.2) is 0 Å². The minimum atomic E-state index is -0.181. The number of fused-ring (bicyclic) bond motifs is 1. The summed E-state index contributed by atoms with van der Waals surface area (Å²) in [5.74, 6) is 0.723. The SMILES string of the molecule is COc1c(C)cccc1[C@H](C)NC(=O)c1ccc2c(c1)c(C)c(C)n2Cc1ccc(-c2ccccc2)cc1. The maximum Gasteiger partial charge on any atom is 0.251 e. The zero-order valence-electron chi connectivity index (χ0n) is 22.7. The number of carbonyl (C=O) groups excluding carboxylic acids is 1. The largest absolute Gasteiger partial charge is 0.496 e. The molecular formula is C34H34N2O2. The van der Waals surface area contributed by atoms with Crippen LogP contribution in [0.15, 0.2) is 91.0 Å². The standard InChI is InChI=1S/C34H34N2O2/c1-22-10-9-13-30(33(22)38-5)24(3)35-34(37)29-18-19-32-31(20-29)23(2)25(4)36(32)21-26-14-16-28(17-15-26)27-11-7-6-8-12-27/h6-20,24H,21H2,1-5H3,(H,35,37)/t24-/m0/s1. The molecule has 0 saturated carbocycles. The molecule has 38 heavy (non-hydrogen) atoms. The Morgan fingerprint density at radius 2 is 1.58 bits per heavy atom. The molecule has 1 amide bonds. The summed E-state index contributed by atoms with van der Waals surface area (Å²) in [4.78, 5) is 13.2. The van der Waals surface area contributed by atoms with E-state index in [0.717, 1.165) is 34.3 Å². The van der Waals surface area contributed by atoms with Gasteiger partial charge in [0.15, 0.2) is 0 Å². The van der Waals surface area contributed by atoms with Gasteiger partial charge >= 0.3 is 0 Å². The summed E-state index contributed by atoms with van der Waals surface area (Å²) in [5.41, 5.74) is 9.90. The summed E-state index contributed by atoms with van der Waals surface area (Å²) in [7, 11) is 1.67. The fraction of sp³-hybridized carbons (Fsp3) is 0.206. The molecule has 0 unspecified atom stereocenters. The van der Waals surface area contributed by atoms with Gasteiger partial charge in [0.05, 0.1) is 13.2 Å². The van der Waals surface area contributed by atoms with Gasteiger partial charge in [-0.15, -0.1) is 0 Å². The number of para-hydroxylation sites is 1. The Hall–Kier alpha value is -4.31. The first-order valence-electron chi connectivity index (χ1n) is 13.1. The van der Waals surface area contributed by atoms with Crippen molar-refractivity contribution in [1.82, 2.24) is 9.88 Å². The lowest BCUT2D eigenvalue weighted by Crippen LogP contribution is -2.27. The number of ether oxygens (including phenoxy) is 1. The van der Waals surface area contributed by atoms with Gasteiger partial charge < -0.3 is 14.6 Å². The second-order valence-corrected chi connectivity index (χ2v) is 9.98. The van der Waals surface area contributed by atoms with Crippen molar-refractivity contribution in [3.63, 3.8) is 0 Å². The Bertz CT molecular complexity index is 1600. The normalized spacial score (nSPS) is 11.9. The number of nitrogens with one attached hydrogen (secondary N) is 1. The summed E-state index contributed by atoms with van der Waals surface area (Å²) < 4.78 is 7.93. The maximum absolute atomic E-state index is 13.2. The monoisotopic (exact) mass is 502 g/mol. The first-order chi connectivity index (χ1) is 18.4. The van der Waals surface area contributed by atoms with Crippen LogP contribution in [0.5, 0.6) is 5.75 Å². The Morgan fingerprint density at radius 3 is 2.29 bits per heavy atom. The van der Waals surface area contributed by atoms with Crippen LogP contribution < -0.4 is 10.1 Å². The van der Waals surface area contributed by atoms with E-state index in [1.807, 2.05) is 50.2 Å². The fourth-order valence-electron chi connectivity index (χ4n) is 5.26. The van der Waals surface area contributed by atoms with Crippen LogP contribution in [-0.4, -0.2) is 17.6 Å². The van der Waals surface area contributed by atoms with E-state index in [-0.39, 0.29) is 11.9 Å². The highest BCUT2D eigenvalue weighted by Gasteiger charge is 2.18. The molecule has 0 saturated heterocycles. The predicted octanol–water partition coefficient (Wildman–Crippen LogP) is 7.78. The summed E-state index contributed by atoms with van der Waals surface area (Å²) >= 11 is 0. The van der Waals surface area contributed by atoms with Gasteiger partial charge in [0.25, 0.3) is 5.91 Å². The van der Waals surface area contributed by atoms with Gasteiger partial charge in [0.2, 0.25) is 0 Å². The van der Waals surface area contributed by atoms with Gasteiger partial charge in [-0.3, -0.25) is 4.79 Å². The van der Waals surface area contributed by atoms with Crippen LogP contribution in [0, 0.1) is 20.8 Å². The van der Waals surface area contributed by atoms with Crippen LogP contribution in [-0.2, 0) is 6.54 Å². The number of carbonyl (C=O) groups is 1. The van der Waals surface area contributed by atoms with E-state index in [1.165, 1.54) is 27.9 Å². The number of benzene rings is 4. The molecule has 0 aliphatic heterocycles. The van der Waals surface area contributed by atoms with E-state index in [0.29, 0.717) is 5.56 Å². The van der Waals surface area contributed by atoms with E-state index < -0.39 is 0 Å². The first kappa shape index (κ1) is 25.3. The zero-order valence-corrected chi connectivity index (χ0v) is 22.7. The molecular weight excluding hydrogens is 468 g/mol. The summed E-state index contributed by atoms with van der Waals surface area (Å²) in [5, 5.41) is 4.26. The number of aryl methyl sites for hydroxylation is 2. The third kappa shape index (κ3) is 4.82. The highest BCUT2D eigenvalue weighted by atomic mass is 16.5. The topological polar surface area (TPSA) is 43.3 Å². The van der Waals surface area contributed by atoms with Gasteiger partial charge in [0, 0.05) is 34.3 Å². The lowest BCUT2D eigenvalue weighted by Gasteiger charge is -2.19.